The van der Waals surface area contributed by atoms with Crippen molar-refractivity contribution >= 4 is 11.6 Å². The van der Waals surface area contributed by atoms with E-state index < -0.39 is 0 Å². The molecule has 2 saturated heterocycles. The smallest absolute Gasteiger partial charge is 0.150 e. The van der Waals surface area contributed by atoms with Gasteiger partial charge in [-0.3, -0.25) is 9.97 Å². The van der Waals surface area contributed by atoms with Gasteiger partial charge < -0.3 is 15.0 Å². The Balaban J connectivity index is 1.34. The maximum atomic E-state index is 5.48. The molecule has 2 aromatic heterocycles. The average molecular weight is 354 g/mol. The SMILES string of the molecule is c1cnc(Nc2cnc([C@@H]3CCCN(CC4CCOCC4)C3)cn2)cn1. The van der Waals surface area contributed by atoms with Crippen molar-refractivity contribution in [1.82, 2.24) is 24.8 Å². The molecule has 0 saturated carbocycles. The van der Waals surface area contributed by atoms with Gasteiger partial charge >= 0.3 is 0 Å². The number of nitrogens with zero attached hydrogens (tertiary/aromatic N) is 5. The highest BCUT2D eigenvalue weighted by atomic mass is 16.5. The Morgan fingerprint density at radius 2 is 1.88 bits per heavy atom. The van der Waals surface area contributed by atoms with Gasteiger partial charge in [-0.1, -0.05) is 0 Å². The van der Waals surface area contributed by atoms with Crippen molar-refractivity contribution in [2.45, 2.75) is 31.6 Å². The van der Waals surface area contributed by atoms with E-state index >= 15 is 0 Å². The van der Waals surface area contributed by atoms with E-state index in [1.165, 1.54) is 38.8 Å². The highest BCUT2D eigenvalue weighted by Gasteiger charge is 2.25. The van der Waals surface area contributed by atoms with Crippen LogP contribution >= 0.6 is 0 Å². The fraction of sp³-hybridized carbons (Fsp3) is 0.579. The Morgan fingerprint density at radius 1 is 1.00 bits per heavy atom. The van der Waals surface area contributed by atoms with Crippen molar-refractivity contribution in [3.8, 4) is 0 Å². The lowest BCUT2D eigenvalue weighted by Gasteiger charge is -2.35. The second-order valence-electron chi connectivity index (χ2n) is 7.20. The number of anilines is 2. The molecule has 0 aliphatic carbocycles. The second kappa shape index (κ2) is 8.51. The molecular formula is C19H26N6O. The van der Waals surface area contributed by atoms with Crippen LogP contribution in [0.15, 0.2) is 31.0 Å². The lowest BCUT2D eigenvalue weighted by molar-refractivity contribution is 0.0481. The quantitative estimate of drug-likeness (QED) is 0.884. The monoisotopic (exact) mass is 354 g/mol. The molecule has 7 nitrogen and oxygen atoms in total. The molecule has 0 radical (unpaired) electrons. The topological polar surface area (TPSA) is 76.1 Å². The summed E-state index contributed by atoms with van der Waals surface area (Å²) in [5.74, 6) is 2.63. The summed E-state index contributed by atoms with van der Waals surface area (Å²) in [4.78, 5) is 20.0. The molecule has 4 rings (SSSR count). The molecule has 2 aliphatic heterocycles. The molecule has 138 valence electrons. The summed E-state index contributed by atoms with van der Waals surface area (Å²) in [5, 5.41) is 3.13. The Kier molecular flexibility index (Phi) is 5.66. The number of aromatic nitrogens is 4. The zero-order valence-electron chi connectivity index (χ0n) is 15.0. The van der Waals surface area contributed by atoms with Gasteiger partial charge in [-0.15, -0.1) is 0 Å². The van der Waals surface area contributed by atoms with Gasteiger partial charge in [0.1, 0.15) is 11.6 Å². The summed E-state index contributed by atoms with van der Waals surface area (Å²) >= 11 is 0. The molecule has 0 unspecified atom stereocenters. The standard InChI is InChI=1S/C19H26N6O/c1-2-16(14-25(7-1)13-15-3-8-26-9-4-15)17-10-23-19(12-22-17)24-18-11-20-5-6-21-18/h5-6,10-12,15-16H,1-4,7-9,13-14H2,(H,21,23,24)/t16-/m1/s1. The zero-order chi connectivity index (χ0) is 17.6. The van der Waals surface area contributed by atoms with Gasteiger partial charge in [0.25, 0.3) is 0 Å². The molecule has 7 heteroatoms. The molecule has 1 N–H and O–H groups in total. The number of piperidine rings is 1. The third-order valence-electron chi connectivity index (χ3n) is 5.27. The van der Waals surface area contributed by atoms with Crippen molar-refractivity contribution < 1.29 is 4.74 Å². The third kappa shape index (κ3) is 4.53. The fourth-order valence-corrected chi connectivity index (χ4v) is 3.87. The van der Waals surface area contributed by atoms with E-state index in [0.29, 0.717) is 17.6 Å². The van der Waals surface area contributed by atoms with Crippen molar-refractivity contribution in [3.63, 3.8) is 0 Å². The average Bonchev–Trinajstić information content (AvgIpc) is 2.70. The van der Waals surface area contributed by atoms with E-state index in [0.717, 1.165) is 31.4 Å². The maximum Gasteiger partial charge on any atom is 0.150 e. The van der Waals surface area contributed by atoms with Gasteiger partial charge in [0.2, 0.25) is 0 Å². The van der Waals surface area contributed by atoms with E-state index in [9.17, 15) is 0 Å². The number of likely N-dealkylation sites (tertiary alicyclic amines) is 1. The summed E-state index contributed by atoms with van der Waals surface area (Å²) in [5.41, 5.74) is 1.09. The summed E-state index contributed by atoms with van der Waals surface area (Å²) in [6.45, 7) is 5.33. The van der Waals surface area contributed by atoms with Crippen molar-refractivity contribution in [2.24, 2.45) is 5.92 Å². The Hall–Kier alpha value is -2.12. The first kappa shape index (κ1) is 17.3. The zero-order valence-corrected chi connectivity index (χ0v) is 15.0. The van der Waals surface area contributed by atoms with Crippen LogP contribution < -0.4 is 5.32 Å². The minimum atomic E-state index is 0.474. The van der Waals surface area contributed by atoms with Crippen molar-refractivity contribution in [2.75, 3.05) is 38.2 Å². The Bertz CT molecular complexity index is 674. The first-order valence-corrected chi connectivity index (χ1v) is 9.52. The second-order valence-corrected chi connectivity index (χ2v) is 7.20. The number of ether oxygens (including phenoxy) is 1. The van der Waals surface area contributed by atoms with Gasteiger partial charge in [0, 0.05) is 44.6 Å². The molecule has 1 atom stereocenters. The van der Waals surface area contributed by atoms with Crippen LogP contribution in [0.3, 0.4) is 0 Å². The molecule has 2 aromatic rings. The predicted octanol–water partition coefficient (Wildman–Crippen LogP) is 2.62. The van der Waals surface area contributed by atoms with Crippen molar-refractivity contribution in [1.29, 1.82) is 0 Å². The van der Waals surface area contributed by atoms with Crippen LogP contribution in [0.25, 0.3) is 0 Å². The van der Waals surface area contributed by atoms with Gasteiger partial charge in [-0.05, 0) is 38.1 Å². The number of hydrogen-bond acceptors (Lipinski definition) is 7. The highest BCUT2D eigenvalue weighted by molar-refractivity contribution is 5.48. The minimum absolute atomic E-state index is 0.474. The number of nitrogens with one attached hydrogen (secondary N) is 1. The van der Waals surface area contributed by atoms with Crippen LogP contribution in [0.1, 0.15) is 37.3 Å². The maximum absolute atomic E-state index is 5.48. The predicted molar refractivity (Wildman–Crippen MR) is 99.3 cm³/mol. The Morgan fingerprint density at radius 3 is 2.65 bits per heavy atom. The molecule has 2 fully saturated rings. The van der Waals surface area contributed by atoms with Gasteiger partial charge in [-0.2, -0.15) is 0 Å². The normalized spacial score (nSPS) is 22.2. The number of rotatable bonds is 5. The summed E-state index contributed by atoms with van der Waals surface area (Å²) < 4.78 is 5.48. The van der Waals surface area contributed by atoms with Crippen LogP contribution in [0.5, 0.6) is 0 Å². The van der Waals surface area contributed by atoms with E-state index in [2.05, 4.69) is 30.2 Å². The van der Waals surface area contributed by atoms with Gasteiger partial charge in [0.15, 0.2) is 0 Å². The fourth-order valence-electron chi connectivity index (χ4n) is 3.87. The van der Waals surface area contributed by atoms with Crippen LogP contribution in [-0.4, -0.2) is 57.7 Å². The summed E-state index contributed by atoms with van der Waals surface area (Å²) in [6, 6.07) is 0. The molecule has 26 heavy (non-hydrogen) atoms. The van der Waals surface area contributed by atoms with E-state index in [-0.39, 0.29) is 0 Å². The minimum Gasteiger partial charge on any atom is -0.381 e. The van der Waals surface area contributed by atoms with E-state index in [4.69, 9.17) is 4.74 Å². The van der Waals surface area contributed by atoms with Gasteiger partial charge in [-0.25, -0.2) is 9.97 Å². The van der Waals surface area contributed by atoms with Gasteiger partial charge in [0.05, 0.1) is 24.3 Å². The first-order chi connectivity index (χ1) is 12.9. The van der Waals surface area contributed by atoms with Crippen molar-refractivity contribution in [3.05, 3.63) is 36.7 Å². The molecule has 4 heterocycles. The van der Waals surface area contributed by atoms with Crippen LogP contribution in [-0.2, 0) is 4.74 Å². The lowest BCUT2D eigenvalue weighted by atomic mass is 9.92. The largest absolute Gasteiger partial charge is 0.381 e. The van der Waals surface area contributed by atoms with E-state index in [1.54, 1.807) is 24.8 Å². The third-order valence-corrected chi connectivity index (χ3v) is 5.27. The van der Waals surface area contributed by atoms with E-state index in [1.807, 2.05) is 6.20 Å². The molecule has 0 amide bonds. The first-order valence-electron chi connectivity index (χ1n) is 9.52. The molecule has 2 aliphatic rings. The summed E-state index contributed by atoms with van der Waals surface area (Å²) in [6.07, 6.45) is 13.5. The van der Waals surface area contributed by atoms with Crippen LogP contribution in [0.4, 0.5) is 11.6 Å². The molecular weight excluding hydrogens is 328 g/mol. The summed E-state index contributed by atoms with van der Waals surface area (Å²) in [7, 11) is 0. The highest BCUT2D eigenvalue weighted by Crippen LogP contribution is 2.27. The number of hydrogen-bond donors (Lipinski definition) is 1. The molecule has 0 spiro atoms. The molecule has 0 bridgehead atoms. The van der Waals surface area contributed by atoms with Crippen LogP contribution in [0, 0.1) is 5.92 Å². The lowest BCUT2D eigenvalue weighted by Crippen LogP contribution is -2.39. The Labute approximate surface area is 154 Å². The van der Waals surface area contributed by atoms with Crippen LogP contribution in [0.2, 0.25) is 0 Å². The molecule has 0 aromatic carbocycles.